The highest BCUT2D eigenvalue weighted by molar-refractivity contribution is 6.21. The first-order valence-electron chi connectivity index (χ1n) is 24.6. The number of hydrogen-bond donors (Lipinski definition) is 0. The number of para-hydroxylation sites is 2. The largest absolute Gasteiger partial charge is 0.456 e. The summed E-state index contributed by atoms with van der Waals surface area (Å²) in [5.41, 5.74) is 17.7. The molecule has 10 aromatic carbocycles. The topological polar surface area (TPSA) is 56.7 Å². The predicted molar refractivity (Wildman–Crippen MR) is 295 cm³/mol. The highest BCUT2D eigenvalue weighted by Crippen LogP contribution is 2.50. The molecule has 0 spiro atoms. The van der Waals surface area contributed by atoms with Crippen LogP contribution in [0.15, 0.2) is 223 Å². The van der Waals surface area contributed by atoms with E-state index in [1.165, 1.54) is 33.4 Å². The third-order valence-electron chi connectivity index (χ3n) is 14.5. The Labute approximate surface area is 412 Å². The Morgan fingerprint density at radius 1 is 0.352 bits per heavy atom. The van der Waals surface area contributed by atoms with E-state index in [-0.39, 0.29) is 5.41 Å². The second-order valence-electron chi connectivity index (χ2n) is 18.8. The number of fused-ring (bicyclic) bond motifs is 11. The molecule has 0 amide bonds. The lowest BCUT2D eigenvalue weighted by Crippen LogP contribution is -2.14. The van der Waals surface area contributed by atoms with Crippen molar-refractivity contribution in [2.75, 3.05) is 0 Å². The Hall–Kier alpha value is -8.93. The van der Waals surface area contributed by atoms with Gasteiger partial charge < -0.3 is 4.42 Å². The van der Waals surface area contributed by atoms with Gasteiger partial charge in [0.25, 0.3) is 0 Å². The second kappa shape index (κ2) is 16.6. The Balaban J connectivity index is 0.00000243. The molecule has 0 saturated heterocycles. The van der Waals surface area contributed by atoms with Crippen molar-refractivity contribution in [2.24, 2.45) is 0 Å². The number of nitrogens with zero attached hydrogens (tertiary/aromatic N) is 4. The van der Waals surface area contributed by atoms with Crippen LogP contribution in [0.4, 0.5) is 0 Å². The molecule has 338 valence electrons. The Morgan fingerprint density at radius 2 is 0.901 bits per heavy atom. The maximum Gasteiger partial charge on any atom is 0.238 e. The van der Waals surface area contributed by atoms with Crippen LogP contribution in [0.2, 0.25) is 0 Å². The van der Waals surface area contributed by atoms with Gasteiger partial charge >= 0.3 is 0 Å². The fourth-order valence-electron chi connectivity index (χ4n) is 11.1. The third kappa shape index (κ3) is 6.80. The first-order valence-corrected chi connectivity index (χ1v) is 24.6. The SMILES string of the molecule is CC.CC1(C)c2ccccc2-c2cc(-c3cccc(-c4cccc(-c5cccc6c7ccc8ccccc8c7n(-c7nc(-c8ccccc8)nc(-c8ccc9c(c8)oc8ccccc89)n7)c56)c4)c3)ccc21. The molecular formula is C66H48N4O. The minimum Gasteiger partial charge on any atom is -0.456 e. The number of furan rings is 1. The van der Waals surface area contributed by atoms with Gasteiger partial charge in [-0.3, -0.25) is 4.57 Å². The summed E-state index contributed by atoms with van der Waals surface area (Å²) in [6, 6.07) is 78.1. The van der Waals surface area contributed by atoms with E-state index in [4.69, 9.17) is 19.4 Å². The molecular weight excluding hydrogens is 865 g/mol. The number of aromatic nitrogens is 4. The van der Waals surface area contributed by atoms with Crippen LogP contribution in [0.1, 0.15) is 38.8 Å². The van der Waals surface area contributed by atoms with Crippen LogP contribution in [0, 0.1) is 0 Å². The van der Waals surface area contributed by atoms with Crippen molar-refractivity contribution >= 4 is 54.5 Å². The van der Waals surface area contributed by atoms with Gasteiger partial charge in [0.05, 0.1) is 11.0 Å². The van der Waals surface area contributed by atoms with Gasteiger partial charge in [0.1, 0.15) is 11.2 Å². The van der Waals surface area contributed by atoms with Crippen molar-refractivity contribution < 1.29 is 4.42 Å². The van der Waals surface area contributed by atoms with Crippen molar-refractivity contribution in [3.8, 4) is 73.2 Å². The lowest BCUT2D eigenvalue weighted by Gasteiger charge is -2.21. The highest BCUT2D eigenvalue weighted by Gasteiger charge is 2.35. The van der Waals surface area contributed by atoms with Gasteiger partial charge in [-0.25, -0.2) is 4.98 Å². The van der Waals surface area contributed by atoms with E-state index in [0.717, 1.165) is 87.9 Å². The lowest BCUT2D eigenvalue weighted by molar-refractivity contribution is 0.660. The maximum atomic E-state index is 6.39. The summed E-state index contributed by atoms with van der Waals surface area (Å²) in [6.45, 7) is 8.67. The summed E-state index contributed by atoms with van der Waals surface area (Å²) < 4.78 is 8.67. The van der Waals surface area contributed by atoms with Gasteiger partial charge in [0, 0.05) is 49.0 Å². The molecule has 0 unspecified atom stereocenters. The fraction of sp³-hybridized carbons (Fsp3) is 0.0758. The van der Waals surface area contributed by atoms with E-state index in [0.29, 0.717) is 17.6 Å². The van der Waals surface area contributed by atoms with E-state index in [1.807, 2.05) is 50.2 Å². The van der Waals surface area contributed by atoms with Crippen LogP contribution in [-0.4, -0.2) is 19.5 Å². The molecule has 13 aromatic rings. The zero-order chi connectivity index (χ0) is 47.8. The van der Waals surface area contributed by atoms with Crippen LogP contribution in [0.25, 0.3) is 128 Å². The van der Waals surface area contributed by atoms with Crippen molar-refractivity contribution in [1.82, 2.24) is 19.5 Å². The molecule has 1 aliphatic carbocycles. The summed E-state index contributed by atoms with van der Waals surface area (Å²) in [4.78, 5) is 16.0. The number of rotatable bonds is 6. The minimum absolute atomic E-state index is 0.0322. The molecule has 71 heavy (non-hydrogen) atoms. The molecule has 0 N–H and O–H groups in total. The van der Waals surface area contributed by atoms with Crippen molar-refractivity contribution in [3.63, 3.8) is 0 Å². The molecule has 0 radical (unpaired) electrons. The molecule has 3 heterocycles. The van der Waals surface area contributed by atoms with Crippen LogP contribution in [-0.2, 0) is 5.41 Å². The zero-order valence-corrected chi connectivity index (χ0v) is 40.0. The third-order valence-corrected chi connectivity index (χ3v) is 14.5. The highest BCUT2D eigenvalue weighted by atomic mass is 16.3. The summed E-state index contributed by atoms with van der Waals surface area (Å²) >= 11 is 0. The molecule has 0 atom stereocenters. The van der Waals surface area contributed by atoms with Crippen molar-refractivity contribution in [2.45, 2.75) is 33.1 Å². The normalized spacial score (nSPS) is 12.6. The smallest absolute Gasteiger partial charge is 0.238 e. The first kappa shape index (κ1) is 42.2. The maximum absolute atomic E-state index is 6.39. The Bertz CT molecular complexity index is 4230. The van der Waals surface area contributed by atoms with Crippen LogP contribution < -0.4 is 0 Å². The quantitative estimate of drug-likeness (QED) is 0.167. The summed E-state index contributed by atoms with van der Waals surface area (Å²) in [5.74, 6) is 1.69. The molecule has 14 rings (SSSR count). The van der Waals surface area contributed by atoms with Gasteiger partial charge in [0.15, 0.2) is 11.6 Å². The number of benzene rings is 10. The van der Waals surface area contributed by atoms with Crippen molar-refractivity contribution in [1.29, 1.82) is 0 Å². The van der Waals surface area contributed by atoms with E-state index < -0.39 is 0 Å². The fourth-order valence-corrected chi connectivity index (χ4v) is 11.1. The molecule has 0 bridgehead atoms. The Kier molecular flexibility index (Phi) is 9.89. The van der Waals surface area contributed by atoms with Crippen molar-refractivity contribution in [3.05, 3.63) is 230 Å². The van der Waals surface area contributed by atoms with Crippen LogP contribution >= 0.6 is 0 Å². The number of hydrogen-bond acceptors (Lipinski definition) is 4. The standard InChI is InChI=1S/C64H42N4O.C2H6/c1-64(2)55-27-10-8-23-49(55)54-37-44(31-34-56(54)64)42-19-12-18-41(35-42)43-20-13-21-45(36-43)48-25-14-26-52-53-33-29-39-15-6-7-22-47(39)59(53)68(60(48)52)63-66-61(40-16-4-3-5-17-40)65-62(67-63)46-30-32-51-50-24-9-11-28-57(50)69-58(51)38-46;1-2/h3-38H,1-2H3;1-2H3. The van der Waals surface area contributed by atoms with E-state index in [2.05, 4.69) is 200 Å². The minimum atomic E-state index is -0.0322. The van der Waals surface area contributed by atoms with Gasteiger partial charge in [-0.15, -0.1) is 0 Å². The first-order chi connectivity index (χ1) is 34.9. The van der Waals surface area contributed by atoms with Gasteiger partial charge in [-0.05, 0) is 91.9 Å². The average Bonchev–Trinajstić information content (AvgIpc) is 4.06. The summed E-state index contributed by atoms with van der Waals surface area (Å²) in [7, 11) is 0. The van der Waals surface area contributed by atoms with Gasteiger partial charge in [-0.1, -0.05) is 210 Å². The van der Waals surface area contributed by atoms with E-state index in [1.54, 1.807) is 0 Å². The van der Waals surface area contributed by atoms with E-state index >= 15 is 0 Å². The lowest BCUT2D eigenvalue weighted by atomic mass is 9.82. The average molecular weight is 913 g/mol. The monoisotopic (exact) mass is 912 g/mol. The predicted octanol–water partition coefficient (Wildman–Crippen LogP) is 17.7. The van der Waals surface area contributed by atoms with Crippen LogP contribution in [0.3, 0.4) is 0 Å². The molecule has 0 saturated carbocycles. The molecule has 0 fully saturated rings. The molecule has 1 aliphatic rings. The molecule has 5 heteroatoms. The van der Waals surface area contributed by atoms with Gasteiger partial charge in [0.2, 0.25) is 5.95 Å². The summed E-state index contributed by atoms with van der Waals surface area (Å²) in [6.07, 6.45) is 0. The van der Waals surface area contributed by atoms with Gasteiger partial charge in [-0.2, -0.15) is 9.97 Å². The summed E-state index contributed by atoms with van der Waals surface area (Å²) in [5, 5.41) is 6.64. The molecule has 3 aromatic heterocycles. The zero-order valence-electron chi connectivity index (χ0n) is 40.0. The van der Waals surface area contributed by atoms with E-state index in [9.17, 15) is 0 Å². The van der Waals surface area contributed by atoms with Crippen LogP contribution in [0.5, 0.6) is 0 Å². The Morgan fingerprint density at radius 3 is 1.72 bits per heavy atom. The molecule has 5 nitrogen and oxygen atoms in total. The molecule has 0 aliphatic heterocycles. The second-order valence-corrected chi connectivity index (χ2v) is 18.8.